The van der Waals surface area contributed by atoms with Crippen molar-refractivity contribution in [3.05, 3.63) is 82.3 Å². The van der Waals surface area contributed by atoms with Gasteiger partial charge in [-0.1, -0.05) is 114 Å². The van der Waals surface area contributed by atoms with Gasteiger partial charge in [-0.25, -0.2) is 13.1 Å². The lowest BCUT2D eigenvalue weighted by molar-refractivity contribution is -0.161. The van der Waals surface area contributed by atoms with Crippen molar-refractivity contribution < 1.29 is 27.2 Å². The van der Waals surface area contributed by atoms with Gasteiger partial charge in [0.1, 0.15) is 4.08 Å². The summed E-state index contributed by atoms with van der Waals surface area (Å²) in [5.41, 5.74) is -1.50. The van der Waals surface area contributed by atoms with Crippen LogP contribution >= 0.6 is 11.8 Å². The van der Waals surface area contributed by atoms with Crippen molar-refractivity contribution in [2.45, 2.75) is 81.1 Å². The quantitative estimate of drug-likeness (QED) is 0.253. The molecule has 1 saturated heterocycles. The Morgan fingerprint density at radius 1 is 0.958 bits per heavy atom. The molecular formula is C34H42N4O7S2Si. The van der Waals surface area contributed by atoms with Gasteiger partial charge in [-0.15, -0.1) is 5.10 Å². The van der Waals surface area contributed by atoms with Crippen LogP contribution in [0.15, 0.2) is 81.9 Å². The van der Waals surface area contributed by atoms with Crippen molar-refractivity contribution in [2.24, 2.45) is 12.5 Å². The summed E-state index contributed by atoms with van der Waals surface area (Å²) in [7, 11) is -4.67. The summed E-state index contributed by atoms with van der Waals surface area (Å²) in [6.45, 7) is 14.3. The number of ether oxygens (including phenoxy) is 1. The lowest BCUT2D eigenvalue weighted by Crippen LogP contribution is -2.73. The molecule has 14 heteroatoms. The first kappa shape index (κ1) is 35.7. The SMILES string of the molecule is CO[C@H]1C(=O)N2C(C(=O)C(C)(C)C)=C(C)C(C)(Sc3nc(=O)c(O[Si](c4ccccc4)(c4ccccc4)C(C)(C)C)nn3C)S(=O)(=O)[C@H]12. The van der Waals surface area contributed by atoms with Gasteiger partial charge in [0.2, 0.25) is 0 Å². The van der Waals surface area contributed by atoms with Gasteiger partial charge in [-0.2, -0.15) is 4.98 Å². The van der Waals surface area contributed by atoms with E-state index in [0.29, 0.717) is 0 Å². The van der Waals surface area contributed by atoms with Crippen LogP contribution in [0.4, 0.5) is 0 Å². The van der Waals surface area contributed by atoms with E-state index in [1.807, 2.05) is 60.7 Å². The molecule has 3 atom stereocenters. The Labute approximate surface area is 286 Å². The number of carbonyl (C=O) groups is 2. The molecule has 3 heterocycles. The Balaban J connectivity index is 1.65. The normalized spacial score (nSPS) is 22.6. The number of β-lactam (4-membered cyclic amide) rings is 1. The first-order valence-corrected chi connectivity index (χ1v) is 19.8. The molecule has 1 fully saturated rings. The number of aromatic nitrogens is 3. The number of thioether (sulfide) groups is 1. The highest BCUT2D eigenvalue weighted by Gasteiger charge is 2.67. The number of ketones is 1. The number of allylic oxidation sites excluding steroid dienone is 1. The number of nitrogens with zero attached hydrogens (tertiary/aromatic N) is 4. The Bertz CT molecular complexity index is 1930. The van der Waals surface area contributed by atoms with Crippen molar-refractivity contribution in [2.75, 3.05) is 7.11 Å². The summed E-state index contributed by atoms with van der Waals surface area (Å²) in [5, 5.41) is 4.55. The van der Waals surface area contributed by atoms with Crippen LogP contribution in [0.25, 0.3) is 0 Å². The third kappa shape index (κ3) is 5.37. The predicted octanol–water partition coefficient (Wildman–Crippen LogP) is 3.42. The average Bonchev–Trinajstić information content (AvgIpc) is 3.01. The van der Waals surface area contributed by atoms with Crippen molar-refractivity contribution in [3.8, 4) is 5.88 Å². The van der Waals surface area contributed by atoms with Crippen molar-refractivity contribution >= 4 is 52.0 Å². The minimum absolute atomic E-state index is 0.00385. The molecule has 0 bridgehead atoms. The van der Waals surface area contributed by atoms with Crippen LogP contribution in [-0.2, 0) is 31.2 Å². The first-order valence-electron chi connectivity index (χ1n) is 15.5. The van der Waals surface area contributed by atoms with Gasteiger partial charge < -0.3 is 9.16 Å². The van der Waals surface area contributed by atoms with Gasteiger partial charge in [0.05, 0.1) is 5.70 Å². The number of carbonyl (C=O) groups excluding carboxylic acids is 2. The molecule has 3 aromatic rings. The Morgan fingerprint density at radius 2 is 1.48 bits per heavy atom. The van der Waals surface area contributed by atoms with Crippen LogP contribution in [0.3, 0.4) is 0 Å². The third-order valence-corrected chi connectivity index (χ3v) is 18.7. The van der Waals surface area contributed by atoms with Crippen LogP contribution < -0.4 is 20.4 Å². The van der Waals surface area contributed by atoms with E-state index in [1.165, 1.54) is 25.6 Å². The van der Waals surface area contributed by atoms with E-state index < -0.39 is 55.6 Å². The molecule has 0 aliphatic carbocycles. The minimum Gasteiger partial charge on any atom is -0.516 e. The van der Waals surface area contributed by atoms with E-state index in [-0.39, 0.29) is 28.1 Å². The van der Waals surface area contributed by atoms with Crippen LogP contribution in [-0.4, -0.2) is 70.8 Å². The van der Waals surface area contributed by atoms with Crippen LogP contribution in [0, 0.1) is 5.41 Å². The van der Waals surface area contributed by atoms with E-state index in [1.54, 1.807) is 27.8 Å². The number of sulfone groups is 1. The van der Waals surface area contributed by atoms with E-state index in [9.17, 15) is 22.8 Å². The summed E-state index contributed by atoms with van der Waals surface area (Å²) in [5.74, 6) is -1.19. The zero-order chi connectivity index (χ0) is 35.6. The Morgan fingerprint density at radius 3 is 1.94 bits per heavy atom. The van der Waals surface area contributed by atoms with Gasteiger partial charge in [0.15, 0.2) is 32.3 Å². The topological polar surface area (TPSA) is 138 Å². The highest BCUT2D eigenvalue weighted by atomic mass is 32.3. The van der Waals surface area contributed by atoms with Gasteiger partial charge in [0, 0.05) is 19.6 Å². The highest BCUT2D eigenvalue weighted by molar-refractivity contribution is 8.15. The lowest BCUT2D eigenvalue weighted by atomic mass is 9.85. The molecule has 2 aliphatic heterocycles. The maximum Gasteiger partial charge on any atom is 0.335 e. The monoisotopic (exact) mass is 710 g/mol. The molecule has 11 nitrogen and oxygen atoms in total. The maximum atomic E-state index is 14.3. The molecule has 256 valence electrons. The zero-order valence-electron chi connectivity index (χ0n) is 28.9. The van der Waals surface area contributed by atoms with Crippen molar-refractivity contribution in [1.29, 1.82) is 0 Å². The van der Waals surface area contributed by atoms with E-state index >= 15 is 0 Å². The number of hydrogen-bond acceptors (Lipinski definition) is 10. The molecule has 0 radical (unpaired) electrons. The number of fused-ring (bicyclic) bond motifs is 1. The molecule has 2 aliphatic rings. The van der Waals surface area contributed by atoms with E-state index in [2.05, 4.69) is 30.9 Å². The number of aryl methyl sites for hydroxylation is 1. The number of methoxy groups -OCH3 is 1. The minimum atomic E-state index is -4.25. The molecule has 1 amide bonds. The second kappa shape index (κ2) is 12.1. The van der Waals surface area contributed by atoms with Crippen LogP contribution in [0.2, 0.25) is 5.04 Å². The molecule has 1 unspecified atom stereocenters. The smallest absolute Gasteiger partial charge is 0.335 e. The first-order chi connectivity index (χ1) is 22.2. The summed E-state index contributed by atoms with van der Waals surface area (Å²) >= 11 is 0.786. The maximum absolute atomic E-state index is 14.3. The fourth-order valence-electron chi connectivity index (χ4n) is 6.35. The zero-order valence-corrected chi connectivity index (χ0v) is 31.5. The second-order valence-corrected chi connectivity index (χ2v) is 22.5. The van der Waals surface area contributed by atoms with Crippen LogP contribution in [0.5, 0.6) is 5.88 Å². The lowest BCUT2D eigenvalue weighted by Gasteiger charge is -2.53. The number of Topliss-reactive ketones (excluding diaryl/α,β-unsaturated/α-hetero) is 1. The summed E-state index contributed by atoms with van der Waals surface area (Å²) in [6.07, 6.45) is -1.28. The average molecular weight is 711 g/mol. The molecule has 1 aromatic heterocycles. The van der Waals surface area contributed by atoms with Gasteiger partial charge in [0.25, 0.3) is 11.8 Å². The van der Waals surface area contributed by atoms with Crippen LogP contribution in [0.1, 0.15) is 55.4 Å². The third-order valence-electron chi connectivity index (χ3n) is 9.13. The fraction of sp³-hybridized carbons (Fsp3) is 0.441. The summed E-state index contributed by atoms with van der Waals surface area (Å²) in [4.78, 5) is 46.0. The number of benzene rings is 2. The molecule has 0 saturated carbocycles. The standard InChI is InChI=1S/C34H42N4O7S2Si/c1-21-24(26(39)32(2,3)4)38-29(41)25(44-10)30(38)47(42,43)34(21,8)46-31-35-27(40)28(36-37(31)9)45-48(33(5,6)7,22-17-13-11-14-18-22)23-19-15-12-16-20-23/h11-20,25,30H,1-10H3/t25-,30+,34?/m0/s1. The number of amides is 1. The van der Waals surface area contributed by atoms with Gasteiger partial charge >= 0.3 is 13.9 Å². The predicted molar refractivity (Wildman–Crippen MR) is 187 cm³/mol. The number of rotatable bonds is 8. The molecule has 0 N–H and O–H groups in total. The van der Waals surface area contributed by atoms with E-state index in [0.717, 1.165) is 27.0 Å². The van der Waals surface area contributed by atoms with E-state index in [4.69, 9.17) is 9.16 Å². The second-order valence-electron chi connectivity index (χ2n) is 14.3. The fourth-order valence-corrected chi connectivity index (χ4v) is 14.6. The molecule has 0 spiro atoms. The van der Waals surface area contributed by atoms with Crippen molar-refractivity contribution in [3.63, 3.8) is 0 Å². The van der Waals surface area contributed by atoms with Gasteiger partial charge in [-0.3, -0.25) is 19.3 Å². The number of hydrogen-bond donors (Lipinski definition) is 0. The molecule has 2 aromatic carbocycles. The largest absolute Gasteiger partial charge is 0.516 e. The Kier molecular flexibility index (Phi) is 8.98. The molecular weight excluding hydrogens is 669 g/mol. The Hall–Kier alpha value is -3.59. The highest BCUT2D eigenvalue weighted by Crippen LogP contribution is 2.53. The molecule has 5 rings (SSSR count). The summed E-state index contributed by atoms with van der Waals surface area (Å²) in [6, 6.07) is 19.6. The van der Waals surface area contributed by atoms with Crippen molar-refractivity contribution in [1.82, 2.24) is 19.7 Å². The molecule has 48 heavy (non-hydrogen) atoms. The summed E-state index contributed by atoms with van der Waals surface area (Å²) < 4.78 is 40.3. The van der Waals surface area contributed by atoms with Gasteiger partial charge in [-0.05, 0) is 34.8 Å².